The van der Waals surface area contributed by atoms with Crippen LogP contribution in [0.5, 0.6) is 0 Å². The fraction of sp³-hybridized carbons (Fsp3) is 0.200. The molecule has 3 heterocycles. The van der Waals surface area contributed by atoms with Gasteiger partial charge >= 0.3 is 0 Å². The van der Waals surface area contributed by atoms with Gasteiger partial charge in [0.2, 0.25) is 5.91 Å². The van der Waals surface area contributed by atoms with Crippen LogP contribution in [0.15, 0.2) is 67.1 Å². The third kappa shape index (κ3) is 3.26. The van der Waals surface area contributed by atoms with E-state index in [1.807, 2.05) is 53.5 Å². The number of hydrogen-bond acceptors (Lipinski definition) is 2. The van der Waals surface area contributed by atoms with Gasteiger partial charge in [0.25, 0.3) is 0 Å². The van der Waals surface area contributed by atoms with Gasteiger partial charge < -0.3 is 14.5 Å². The first-order valence-corrected chi connectivity index (χ1v) is 8.52. The number of pyridine rings is 1. The Kier molecular flexibility index (Phi) is 4.21. The number of aromatic nitrogens is 3. The first-order chi connectivity index (χ1) is 12.3. The largest absolute Gasteiger partial charge is 0.354 e. The molecule has 5 nitrogen and oxygen atoms in total. The molecule has 0 aliphatic carbocycles. The molecule has 4 rings (SSSR count). The van der Waals surface area contributed by atoms with Gasteiger partial charge in [-0.25, -0.2) is 4.98 Å². The first kappa shape index (κ1) is 15.4. The average molecular weight is 332 g/mol. The average Bonchev–Trinajstić information content (AvgIpc) is 3.24. The number of nitrogens with zero attached hydrogens (tertiary/aromatic N) is 3. The second kappa shape index (κ2) is 6.81. The quantitative estimate of drug-likeness (QED) is 0.551. The molecule has 1 amide bonds. The van der Waals surface area contributed by atoms with Gasteiger partial charge in [0.1, 0.15) is 12.2 Å². The predicted octanol–water partition coefficient (Wildman–Crippen LogP) is 3.20. The summed E-state index contributed by atoms with van der Waals surface area (Å²) in [6.45, 7) is 1.85. The van der Waals surface area contributed by atoms with Crippen molar-refractivity contribution in [2.45, 2.75) is 19.5 Å². The van der Waals surface area contributed by atoms with Crippen LogP contribution in [0.1, 0.15) is 6.42 Å². The number of carbonyl (C=O) groups excluding carboxylic acids is 1. The molecule has 1 aromatic carbocycles. The van der Waals surface area contributed by atoms with Crippen molar-refractivity contribution >= 4 is 27.8 Å². The maximum Gasteiger partial charge on any atom is 0.239 e. The lowest BCUT2D eigenvalue weighted by Gasteiger charge is -2.08. The van der Waals surface area contributed by atoms with Crippen molar-refractivity contribution in [1.82, 2.24) is 19.4 Å². The third-order valence-corrected chi connectivity index (χ3v) is 4.42. The second-order valence-corrected chi connectivity index (χ2v) is 6.13. The molecule has 126 valence electrons. The minimum absolute atomic E-state index is 0.0387. The first-order valence-electron chi connectivity index (χ1n) is 8.52. The number of nitrogens with one attached hydrogen (secondary N) is 1. The topological polar surface area (TPSA) is 51.9 Å². The molecule has 3 aromatic heterocycles. The lowest BCUT2D eigenvalue weighted by atomic mass is 10.2. The second-order valence-electron chi connectivity index (χ2n) is 6.13. The van der Waals surface area contributed by atoms with Gasteiger partial charge in [0.15, 0.2) is 0 Å². The molecular formula is C20H20N4O. The van der Waals surface area contributed by atoms with Gasteiger partial charge in [-0.2, -0.15) is 0 Å². The molecule has 0 spiro atoms. The van der Waals surface area contributed by atoms with E-state index in [9.17, 15) is 4.79 Å². The van der Waals surface area contributed by atoms with Crippen molar-refractivity contribution in [2.75, 3.05) is 6.54 Å². The zero-order valence-electron chi connectivity index (χ0n) is 13.9. The minimum Gasteiger partial charge on any atom is -0.354 e. The van der Waals surface area contributed by atoms with E-state index in [1.165, 1.54) is 0 Å². The monoisotopic (exact) mass is 332 g/mol. The van der Waals surface area contributed by atoms with Gasteiger partial charge in [0.05, 0.1) is 0 Å². The maximum absolute atomic E-state index is 12.2. The van der Waals surface area contributed by atoms with Gasteiger partial charge in [-0.15, -0.1) is 0 Å². The normalized spacial score (nSPS) is 11.2. The van der Waals surface area contributed by atoms with Gasteiger partial charge in [-0.3, -0.25) is 4.79 Å². The number of hydrogen-bond donors (Lipinski definition) is 1. The van der Waals surface area contributed by atoms with Crippen LogP contribution in [0.3, 0.4) is 0 Å². The van der Waals surface area contributed by atoms with E-state index in [0.29, 0.717) is 13.1 Å². The number of fused-ring (bicyclic) bond motifs is 2. The highest BCUT2D eigenvalue weighted by Crippen LogP contribution is 2.15. The lowest BCUT2D eigenvalue weighted by Crippen LogP contribution is -2.28. The highest BCUT2D eigenvalue weighted by atomic mass is 16.1. The van der Waals surface area contributed by atoms with Crippen LogP contribution in [0, 0.1) is 0 Å². The summed E-state index contributed by atoms with van der Waals surface area (Å²) in [4.78, 5) is 16.6. The number of para-hydroxylation sites is 1. The Bertz CT molecular complexity index is 1010. The van der Waals surface area contributed by atoms with E-state index in [-0.39, 0.29) is 5.91 Å². The number of benzene rings is 1. The number of rotatable bonds is 6. The summed E-state index contributed by atoms with van der Waals surface area (Å²) in [5.41, 5.74) is 2.08. The molecule has 0 unspecified atom stereocenters. The Morgan fingerprint density at radius 3 is 2.72 bits per heavy atom. The van der Waals surface area contributed by atoms with Crippen LogP contribution in [0.25, 0.3) is 21.9 Å². The van der Waals surface area contributed by atoms with Crippen molar-refractivity contribution in [2.24, 2.45) is 0 Å². The summed E-state index contributed by atoms with van der Waals surface area (Å²) < 4.78 is 4.11. The standard InChI is InChI=1S/C20H20N4O/c25-19(15-24-14-8-16-5-1-2-7-18(16)24)21-11-4-12-23-13-9-17-6-3-10-22-20(17)23/h1-3,5-10,13-14H,4,11-12,15H2,(H,21,25). The van der Waals surface area contributed by atoms with E-state index < -0.39 is 0 Å². The Morgan fingerprint density at radius 2 is 1.76 bits per heavy atom. The smallest absolute Gasteiger partial charge is 0.239 e. The summed E-state index contributed by atoms with van der Waals surface area (Å²) in [6.07, 6.45) is 6.69. The Balaban J connectivity index is 1.29. The van der Waals surface area contributed by atoms with Crippen molar-refractivity contribution in [3.8, 4) is 0 Å². The lowest BCUT2D eigenvalue weighted by molar-refractivity contribution is -0.121. The Morgan fingerprint density at radius 1 is 0.960 bits per heavy atom. The number of carbonyl (C=O) groups is 1. The van der Waals surface area contributed by atoms with Crippen LogP contribution in [0.4, 0.5) is 0 Å². The highest BCUT2D eigenvalue weighted by molar-refractivity contribution is 5.83. The van der Waals surface area contributed by atoms with Crippen LogP contribution in [0.2, 0.25) is 0 Å². The van der Waals surface area contributed by atoms with E-state index in [0.717, 1.165) is 34.9 Å². The van der Waals surface area contributed by atoms with Crippen molar-refractivity contribution < 1.29 is 4.79 Å². The molecule has 0 radical (unpaired) electrons. The Labute approximate surface area is 145 Å². The summed E-state index contributed by atoms with van der Waals surface area (Å²) in [7, 11) is 0. The molecule has 0 atom stereocenters. The van der Waals surface area contributed by atoms with E-state index in [1.54, 1.807) is 0 Å². The van der Waals surface area contributed by atoms with Gasteiger partial charge in [-0.1, -0.05) is 18.2 Å². The van der Waals surface area contributed by atoms with Crippen molar-refractivity contribution in [3.05, 3.63) is 67.1 Å². The van der Waals surface area contributed by atoms with Crippen molar-refractivity contribution in [3.63, 3.8) is 0 Å². The third-order valence-electron chi connectivity index (χ3n) is 4.42. The van der Waals surface area contributed by atoms with Gasteiger partial charge in [-0.05, 0) is 42.1 Å². The molecule has 5 heteroatoms. The van der Waals surface area contributed by atoms with Crippen LogP contribution in [-0.2, 0) is 17.9 Å². The molecule has 0 saturated carbocycles. The van der Waals surface area contributed by atoms with E-state index in [4.69, 9.17) is 0 Å². The van der Waals surface area contributed by atoms with E-state index >= 15 is 0 Å². The maximum atomic E-state index is 12.2. The summed E-state index contributed by atoms with van der Waals surface area (Å²) in [5, 5.41) is 5.30. The molecule has 0 bridgehead atoms. The molecule has 1 N–H and O–H groups in total. The molecule has 0 aliphatic rings. The molecule has 25 heavy (non-hydrogen) atoms. The van der Waals surface area contributed by atoms with Crippen molar-refractivity contribution in [1.29, 1.82) is 0 Å². The summed E-state index contributed by atoms with van der Waals surface area (Å²) >= 11 is 0. The van der Waals surface area contributed by atoms with E-state index in [2.05, 4.69) is 33.1 Å². The highest BCUT2D eigenvalue weighted by Gasteiger charge is 2.06. The van der Waals surface area contributed by atoms with Crippen LogP contribution < -0.4 is 5.32 Å². The molecule has 0 saturated heterocycles. The zero-order valence-corrected chi connectivity index (χ0v) is 13.9. The van der Waals surface area contributed by atoms with Crippen LogP contribution in [-0.4, -0.2) is 26.6 Å². The molecule has 0 fully saturated rings. The summed E-state index contributed by atoms with van der Waals surface area (Å²) in [5.74, 6) is 0.0387. The van der Waals surface area contributed by atoms with Gasteiger partial charge in [0, 0.05) is 42.6 Å². The van der Waals surface area contributed by atoms with Crippen LogP contribution >= 0.6 is 0 Å². The molecule has 0 aliphatic heterocycles. The SMILES string of the molecule is O=C(Cn1ccc2ccccc21)NCCCn1ccc2cccnc21. The molecular weight excluding hydrogens is 312 g/mol. The summed E-state index contributed by atoms with van der Waals surface area (Å²) in [6, 6.07) is 16.2. The fourth-order valence-electron chi connectivity index (χ4n) is 3.17. The molecule has 4 aromatic rings. The fourth-order valence-corrected chi connectivity index (χ4v) is 3.17. The Hall–Kier alpha value is -3.08. The number of amides is 1. The predicted molar refractivity (Wildman–Crippen MR) is 99.3 cm³/mol. The number of aryl methyl sites for hydroxylation is 1. The zero-order chi connectivity index (χ0) is 17.1. The minimum atomic E-state index is 0.0387.